The predicted octanol–water partition coefficient (Wildman–Crippen LogP) is 1.84. The molecule has 1 aliphatic heterocycles. The Labute approximate surface area is 170 Å². The van der Waals surface area contributed by atoms with Crippen molar-refractivity contribution in [2.45, 2.75) is 50.5 Å². The number of halogens is 3. The number of methoxy groups -OCH3 is 1. The monoisotopic (exact) mass is 444 g/mol. The SMILES string of the molecule is CN=C(NCCCCCCC(=O)OC)NCC1CCN(S(=O)(=O)C(F)(F)F)CC1. The van der Waals surface area contributed by atoms with Crippen LogP contribution in [0.15, 0.2) is 4.99 Å². The van der Waals surface area contributed by atoms with Gasteiger partial charge in [0.15, 0.2) is 5.96 Å². The lowest BCUT2D eigenvalue weighted by molar-refractivity contribution is -0.140. The quantitative estimate of drug-likeness (QED) is 0.231. The molecule has 0 unspecified atom stereocenters. The van der Waals surface area contributed by atoms with Crippen LogP contribution in [0.4, 0.5) is 13.2 Å². The molecule has 1 heterocycles. The smallest absolute Gasteiger partial charge is 0.469 e. The van der Waals surface area contributed by atoms with Crippen molar-refractivity contribution >= 4 is 22.0 Å². The Hall–Kier alpha value is -1.56. The summed E-state index contributed by atoms with van der Waals surface area (Å²) in [6.07, 6.45) is 4.75. The molecule has 0 aliphatic carbocycles. The van der Waals surface area contributed by atoms with Crippen LogP contribution in [0.3, 0.4) is 0 Å². The summed E-state index contributed by atoms with van der Waals surface area (Å²) in [6, 6.07) is 0. The third kappa shape index (κ3) is 8.77. The molecule has 1 fully saturated rings. The van der Waals surface area contributed by atoms with E-state index in [0.29, 0.717) is 42.6 Å². The maximum absolute atomic E-state index is 12.6. The number of carbonyl (C=O) groups excluding carboxylic acids is 1. The van der Waals surface area contributed by atoms with Gasteiger partial charge < -0.3 is 15.4 Å². The number of piperidine rings is 1. The van der Waals surface area contributed by atoms with E-state index in [4.69, 9.17) is 0 Å². The number of unbranched alkanes of at least 4 members (excludes halogenated alkanes) is 3. The first-order chi connectivity index (χ1) is 13.6. The molecule has 0 aromatic heterocycles. The molecule has 0 saturated carbocycles. The van der Waals surface area contributed by atoms with Crippen LogP contribution in [0, 0.1) is 5.92 Å². The summed E-state index contributed by atoms with van der Waals surface area (Å²) in [4.78, 5) is 15.1. The number of nitrogens with zero attached hydrogens (tertiary/aromatic N) is 2. The van der Waals surface area contributed by atoms with Crippen molar-refractivity contribution in [2.75, 3.05) is 40.3 Å². The van der Waals surface area contributed by atoms with E-state index in [2.05, 4.69) is 20.4 Å². The van der Waals surface area contributed by atoms with Crippen molar-refractivity contribution in [3.63, 3.8) is 0 Å². The molecule has 1 aliphatic rings. The van der Waals surface area contributed by atoms with Gasteiger partial charge in [-0.25, -0.2) is 8.42 Å². The first-order valence-corrected chi connectivity index (χ1v) is 11.1. The summed E-state index contributed by atoms with van der Waals surface area (Å²) in [5.74, 6) is 0.478. The minimum absolute atomic E-state index is 0.0755. The van der Waals surface area contributed by atoms with E-state index in [-0.39, 0.29) is 25.0 Å². The highest BCUT2D eigenvalue weighted by atomic mass is 32.2. The van der Waals surface area contributed by atoms with Gasteiger partial charge in [0.25, 0.3) is 0 Å². The van der Waals surface area contributed by atoms with Crippen LogP contribution in [0.2, 0.25) is 0 Å². The molecule has 1 saturated heterocycles. The van der Waals surface area contributed by atoms with Crippen molar-refractivity contribution in [1.82, 2.24) is 14.9 Å². The molecule has 2 N–H and O–H groups in total. The summed E-state index contributed by atoms with van der Waals surface area (Å²) in [5.41, 5.74) is -5.25. The van der Waals surface area contributed by atoms with E-state index in [9.17, 15) is 26.4 Å². The average molecular weight is 445 g/mol. The fraction of sp³-hybridized carbons (Fsp3) is 0.882. The molecule has 0 atom stereocenters. The number of nitrogens with one attached hydrogen (secondary N) is 2. The standard InChI is InChI=1S/C17H31F3N4O4S/c1-21-16(22-10-6-4-3-5-7-15(25)28-2)23-13-14-8-11-24(12-9-14)29(26,27)17(18,19)20/h14H,3-13H2,1-2H3,(H2,21,22,23). The highest BCUT2D eigenvalue weighted by molar-refractivity contribution is 7.90. The van der Waals surface area contributed by atoms with Crippen molar-refractivity contribution < 1.29 is 31.1 Å². The van der Waals surface area contributed by atoms with E-state index < -0.39 is 15.5 Å². The molecule has 1 rings (SSSR count). The Morgan fingerprint density at radius 1 is 1.14 bits per heavy atom. The Bertz CT molecular complexity index is 633. The first kappa shape index (κ1) is 25.5. The zero-order chi connectivity index (χ0) is 21.9. The normalized spacial score (nSPS) is 17.2. The molecule has 8 nitrogen and oxygen atoms in total. The molecule has 0 spiro atoms. The summed E-state index contributed by atoms with van der Waals surface area (Å²) in [5, 5.41) is 6.30. The van der Waals surface area contributed by atoms with Crippen molar-refractivity contribution in [3.8, 4) is 0 Å². The summed E-state index contributed by atoms with van der Waals surface area (Å²) < 4.78 is 65.7. The number of aliphatic imine (C=N–C) groups is 1. The fourth-order valence-corrected chi connectivity index (χ4v) is 4.00. The fourth-order valence-electron chi connectivity index (χ4n) is 3.02. The number of rotatable bonds is 10. The van der Waals surface area contributed by atoms with Gasteiger partial charge in [-0.3, -0.25) is 9.79 Å². The van der Waals surface area contributed by atoms with E-state index in [1.165, 1.54) is 7.11 Å². The van der Waals surface area contributed by atoms with Gasteiger partial charge in [0.1, 0.15) is 0 Å². The van der Waals surface area contributed by atoms with Crippen molar-refractivity contribution in [2.24, 2.45) is 10.9 Å². The van der Waals surface area contributed by atoms with Gasteiger partial charge >= 0.3 is 21.5 Å². The highest BCUT2D eigenvalue weighted by Gasteiger charge is 2.50. The Morgan fingerprint density at radius 2 is 1.76 bits per heavy atom. The number of ether oxygens (including phenoxy) is 1. The molecule has 12 heteroatoms. The Morgan fingerprint density at radius 3 is 2.31 bits per heavy atom. The van der Waals surface area contributed by atoms with Gasteiger partial charge in [-0.15, -0.1) is 0 Å². The number of hydrogen-bond acceptors (Lipinski definition) is 5. The number of sulfonamides is 1. The van der Waals surface area contributed by atoms with E-state index in [1.54, 1.807) is 7.05 Å². The third-order valence-corrected chi connectivity index (χ3v) is 6.45. The molecular weight excluding hydrogens is 413 g/mol. The number of hydrogen-bond donors (Lipinski definition) is 2. The number of carbonyl (C=O) groups is 1. The van der Waals surface area contributed by atoms with E-state index >= 15 is 0 Å². The largest absolute Gasteiger partial charge is 0.511 e. The molecule has 0 amide bonds. The zero-order valence-electron chi connectivity index (χ0n) is 16.9. The van der Waals surface area contributed by atoms with Crippen LogP contribution in [-0.4, -0.2) is 70.5 Å². The lowest BCUT2D eigenvalue weighted by Crippen LogP contribution is -2.47. The highest BCUT2D eigenvalue weighted by Crippen LogP contribution is 2.30. The molecule has 0 radical (unpaired) electrons. The lowest BCUT2D eigenvalue weighted by atomic mass is 9.98. The Kier molecular flexibility index (Phi) is 10.7. The number of alkyl halides is 3. The van der Waals surface area contributed by atoms with Crippen molar-refractivity contribution in [1.29, 1.82) is 0 Å². The maximum atomic E-state index is 12.6. The lowest BCUT2D eigenvalue weighted by Gasteiger charge is -2.31. The minimum atomic E-state index is -5.25. The van der Waals surface area contributed by atoms with Gasteiger partial charge in [0, 0.05) is 39.6 Å². The second-order valence-electron chi connectivity index (χ2n) is 6.91. The van der Waals surface area contributed by atoms with Crippen LogP contribution in [0.5, 0.6) is 0 Å². The topological polar surface area (TPSA) is 100 Å². The molecule has 170 valence electrons. The van der Waals surface area contributed by atoms with Crippen molar-refractivity contribution in [3.05, 3.63) is 0 Å². The van der Waals surface area contributed by atoms with E-state index in [0.717, 1.165) is 25.7 Å². The minimum Gasteiger partial charge on any atom is -0.469 e. The van der Waals surface area contributed by atoms with Crippen LogP contribution >= 0.6 is 0 Å². The molecule has 0 aromatic carbocycles. The maximum Gasteiger partial charge on any atom is 0.511 e. The summed E-state index contributed by atoms with van der Waals surface area (Å²) in [6.45, 7) is 0.955. The Balaban J connectivity index is 2.21. The van der Waals surface area contributed by atoms with Crippen LogP contribution < -0.4 is 10.6 Å². The van der Waals surface area contributed by atoms with Gasteiger partial charge in [-0.1, -0.05) is 12.8 Å². The van der Waals surface area contributed by atoms with Gasteiger partial charge in [-0.2, -0.15) is 17.5 Å². The van der Waals surface area contributed by atoms with Gasteiger partial charge in [0.05, 0.1) is 7.11 Å². The van der Waals surface area contributed by atoms with Crippen LogP contribution in [0.25, 0.3) is 0 Å². The van der Waals surface area contributed by atoms with Gasteiger partial charge in [-0.05, 0) is 31.6 Å². The molecule has 29 heavy (non-hydrogen) atoms. The number of guanidine groups is 1. The predicted molar refractivity (Wildman–Crippen MR) is 104 cm³/mol. The molecule has 0 aromatic rings. The van der Waals surface area contributed by atoms with Crippen LogP contribution in [-0.2, 0) is 19.6 Å². The average Bonchev–Trinajstić information content (AvgIpc) is 2.68. The third-order valence-electron chi connectivity index (χ3n) is 4.82. The summed E-state index contributed by atoms with van der Waals surface area (Å²) >= 11 is 0. The second-order valence-corrected chi connectivity index (χ2v) is 8.84. The molecule has 0 bridgehead atoms. The molecular formula is C17H31F3N4O4S. The van der Waals surface area contributed by atoms with Crippen LogP contribution in [0.1, 0.15) is 44.9 Å². The number of esters is 1. The summed E-state index contributed by atoms with van der Waals surface area (Å²) in [7, 11) is -2.23. The van der Waals surface area contributed by atoms with E-state index in [1.807, 2.05) is 0 Å². The second kappa shape index (κ2) is 12.2. The van der Waals surface area contributed by atoms with Gasteiger partial charge in [0.2, 0.25) is 0 Å². The zero-order valence-corrected chi connectivity index (χ0v) is 17.7. The first-order valence-electron chi connectivity index (χ1n) is 9.69.